The topological polar surface area (TPSA) is 43.1 Å². The number of hydrogen-bond donors (Lipinski definition) is 0. The number of halogens is 1. The molecule has 0 atom stereocenters. The summed E-state index contributed by atoms with van der Waals surface area (Å²) in [5.74, 6) is 0. The summed E-state index contributed by atoms with van der Waals surface area (Å²) in [6, 6.07) is 5.11. The van der Waals surface area contributed by atoms with Crippen LogP contribution in [0.1, 0.15) is 63.9 Å². The number of nitro groups is 1. The molecule has 0 bridgehead atoms. The lowest BCUT2D eigenvalue weighted by molar-refractivity contribution is -0.384. The Bertz CT molecular complexity index is 421. The van der Waals surface area contributed by atoms with Crippen molar-refractivity contribution in [1.82, 2.24) is 0 Å². The van der Waals surface area contributed by atoms with Gasteiger partial charge in [0.25, 0.3) is 5.69 Å². The summed E-state index contributed by atoms with van der Waals surface area (Å²) < 4.78 is 0. The first-order valence-electron chi connectivity index (χ1n) is 7.58. The van der Waals surface area contributed by atoms with Crippen LogP contribution in [0.5, 0.6) is 0 Å². The van der Waals surface area contributed by atoms with Crippen molar-refractivity contribution in [2.75, 3.05) is 0 Å². The second kappa shape index (κ2) is 9.76. The van der Waals surface area contributed by atoms with Gasteiger partial charge in [-0.05, 0) is 24.5 Å². The lowest BCUT2D eigenvalue weighted by Gasteiger charge is -2.03. The quantitative estimate of drug-likeness (QED) is 0.305. The fourth-order valence-corrected chi connectivity index (χ4v) is 2.50. The summed E-state index contributed by atoms with van der Waals surface area (Å²) in [5, 5.41) is 11.0. The Hall–Kier alpha value is -1.09. The van der Waals surface area contributed by atoms with Gasteiger partial charge in [-0.2, -0.15) is 0 Å². The molecule has 0 aliphatic rings. The fraction of sp³-hybridized carbons (Fsp3) is 0.625. The first-order chi connectivity index (χ1) is 9.65. The van der Waals surface area contributed by atoms with Gasteiger partial charge in [-0.25, -0.2) is 0 Å². The van der Waals surface area contributed by atoms with Gasteiger partial charge >= 0.3 is 0 Å². The number of nitrogens with zero attached hydrogens (tertiary/aromatic N) is 1. The zero-order chi connectivity index (χ0) is 14.8. The molecule has 0 aliphatic heterocycles. The van der Waals surface area contributed by atoms with Crippen LogP contribution in [0.2, 0.25) is 5.02 Å². The molecule has 0 saturated carbocycles. The Kier molecular flexibility index (Phi) is 8.28. The maximum atomic E-state index is 10.8. The van der Waals surface area contributed by atoms with E-state index in [1.165, 1.54) is 44.9 Å². The summed E-state index contributed by atoms with van der Waals surface area (Å²) in [7, 11) is 0. The number of unbranched alkanes of at least 4 members (excludes halogenated alkanes) is 7. The van der Waals surface area contributed by atoms with Crippen molar-refractivity contribution in [2.24, 2.45) is 0 Å². The first-order valence-corrected chi connectivity index (χ1v) is 7.95. The largest absolute Gasteiger partial charge is 0.288 e. The molecule has 0 fully saturated rings. The minimum atomic E-state index is -0.417. The molecule has 3 nitrogen and oxygen atoms in total. The molecule has 1 rings (SSSR count). The third-order valence-electron chi connectivity index (χ3n) is 3.53. The van der Waals surface area contributed by atoms with Crippen LogP contribution in [-0.4, -0.2) is 4.92 Å². The van der Waals surface area contributed by atoms with Crippen molar-refractivity contribution in [1.29, 1.82) is 0 Å². The number of aryl methyl sites for hydroxylation is 1. The van der Waals surface area contributed by atoms with E-state index in [1.54, 1.807) is 12.1 Å². The van der Waals surface area contributed by atoms with Gasteiger partial charge in [-0.1, -0.05) is 69.5 Å². The van der Waals surface area contributed by atoms with E-state index < -0.39 is 4.92 Å². The van der Waals surface area contributed by atoms with E-state index in [9.17, 15) is 10.1 Å². The number of rotatable bonds is 10. The Labute approximate surface area is 126 Å². The molecule has 1 aromatic rings. The monoisotopic (exact) mass is 297 g/mol. The molecule has 0 amide bonds. The van der Waals surface area contributed by atoms with Gasteiger partial charge in [0.15, 0.2) is 0 Å². The predicted molar refractivity (Wildman–Crippen MR) is 84.4 cm³/mol. The molecule has 0 aliphatic carbocycles. The highest BCUT2D eigenvalue weighted by atomic mass is 35.5. The van der Waals surface area contributed by atoms with Crippen molar-refractivity contribution < 1.29 is 4.92 Å². The average molecular weight is 298 g/mol. The second-order valence-electron chi connectivity index (χ2n) is 5.27. The van der Waals surface area contributed by atoms with Crippen molar-refractivity contribution >= 4 is 17.3 Å². The van der Waals surface area contributed by atoms with Gasteiger partial charge in [0.2, 0.25) is 0 Å². The number of nitro benzene ring substituents is 1. The molecule has 0 heterocycles. The van der Waals surface area contributed by atoms with Crippen molar-refractivity contribution in [3.63, 3.8) is 0 Å². The predicted octanol–water partition coefficient (Wildman–Crippen LogP) is 5.93. The van der Waals surface area contributed by atoms with Crippen LogP contribution >= 0.6 is 11.6 Å². The lowest BCUT2D eigenvalue weighted by Crippen LogP contribution is -1.92. The number of hydrogen-bond acceptors (Lipinski definition) is 2. The Balaban J connectivity index is 2.22. The average Bonchev–Trinajstić information content (AvgIpc) is 2.43. The van der Waals surface area contributed by atoms with Crippen LogP contribution in [0.3, 0.4) is 0 Å². The van der Waals surface area contributed by atoms with Gasteiger partial charge in [-0.3, -0.25) is 10.1 Å². The zero-order valence-corrected chi connectivity index (χ0v) is 13.0. The standard InChI is InChI=1S/C16H24ClNO2/c1-2-3-4-5-6-7-8-9-10-14-11-12-15(17)16(13-14)18(19)20/h11-13H,2-10H2,1H3. The normalized spacial score (nSPS) is 10.7. The van der Waals surface area contributed by atoms with E-state index in [-0.39, 0.29) is 10.7 Å². The van der Waals surface area contributed by atoms with Crippen LogP contribution in [0, 0.1) is 10.1 Å². The van der Waals surface area contributed by atoms with Crippen molar-refractivity contribution in [3.05, 3.63) is 38.9 Å². The molecule has 0 unspecified atom stereocenters. The van der Waals surface area contributed by atoms with Crippen LogP contribution < -0.4 is 0 Å². The Morgan fingerprint density at radius 3 is 2.25 bits per heavy atom. The molecular formula is C16H24ClNO2. The van der Waals surface area contributed by atoms with E-state index in [2.05, 4.69) is 6.92 Å². The van der Waals surface area contributed by atoms with Crippen LogP contribution in [-0.2, 0) is 6.42 Å². The molecule has 112 valence electrons. The Morgan fingerprint density at radius 1 is 1.05 bits per heavy atom. The molecule has 0 N–H and O–H groups in total. The van der Waals surface area contributed by atoms with Gasteiger partial charge in [0, 0.05) is 6.07 Å². The second-order valence-corrected chi connectivity index (χ2v) is 5.67. The van der Waals surface area contributed by atoms with E-state index in [0.717, 1.165) is 18.4 Å². The number of benzene rings is 1. The molecule has 0 radical (unpaired) electrons. The highest BCUT2D eigenvalue weighted by molar-refractivity contribution is 6.32. The van der Waals surface area contributed by atoms with E-state index in [1.807, 2.05) is 6.07 Å². The summed E-state index contributed by atoms with van der Waals surface area (Å²) >= 11 is 5.79. The lowest BCUT2D eigenvalue weighted by atomic mass is 10.0. The van der Waals surface area contributed by atoms with Gasteiger partial charge < -0.3 is 0 Å². The fourth-order valence-electron chi connectivity index (χ4n) is 2.32. The van der Waals surface area contributed by atoms with Crippen molar-refractivity contribution in [3.8, 4) is 0 Å². The summed E-state index contributed by atoms with van der Waals surface area (Å²) in [4.78, 5) is 10.4. The maximum Gasteiger partial charge on any atom is 0.288 e. The minimum Gasteiger partial charge on any atom is -0.258 e. The first kappa shape index (κ1) is 17.0. The summed E-state index contributed by atoms with van der Waals surface area (Å²) in [6.45, 7) is 2.23. The zero-order valence-electron chi connectivity index (χ0n) is 12.2. The van der Waals surface area contributed by atoms with E-state index >= 15 is 0 Å². The van der Waals surface area contributed by atoms with Crippen LogP contribution in [0.15, 0.2) is 18.2 Å². The highest BCUT2D eigenvalue weighted by Crippen LogP contribution is 2.25. The third-order valence-corrected chi connectivity index (χ3v) is 3.85. The molecule has 4 heteroatoms. The SMILES string of the molecule is CCCCCCCCCCc1ccc(Cl)c([N+](=O)[O-])c1. The Morgan fingerprint density at radius 2 is 1.65 bits per heavy atom. The molecule has 0 spiro atoms. The van der Waals surface area contributed by atoms with E-state index in [4.69, 9.17) is 11.6 Å². The van der Waals surface area contributed by atoms with Gasteiger partial charge in [0.1, 0.15) is 5.02 Å². The van der Waals surface area contributed by atoms with E-state index in [0.29, 0.717) is 0 Å². The summed E-state index contributed by atoms with van der Waals surface area (Å²) in [5.41, 5.74) is 1.02. The highest BCUT2D eigenvalue weighted by Gasteiger charge is 2.12. The molecule has 20 heavy (non-hydrogen) atoms. The minimum absolute atomic E-state index is 0.0173. The van der Waals surface area contributed by atoms with Crippen molar-refractivity contribution in [2.45, 2.75) is 64.7 Å². The smallest absolute Gasteiger partial charge is 0.258 e. The van der Waals surface area contributed by atoms with Crippen LogP contribution in [0.4, 0.5) is 5.69 Å². The summed E-state index contributed by atoms with van der Waals surface area (Å²) in [6.07, 6.45) is 11.1. The third kappa shape index (κ3) is 6.38. The molecule has 0 aromatic heterocycles. The molecular weight excluding hydrogens is 274 g/mol. The molecule has 1 aromatic carbocycles. The molecule has 0 saturated heterocycles. The van der Waals surface area contributed by atoms with Gasteiger partial charge in [0.05, 0.1) is 4.92 Å². The van der Waals surface area contributed by atoms with Gasteiger partial charge in [-0.15, -0.1) is 0 Å². The van der Waals surface area contributed by atoms with Crippen LogP contribution in [0.25, 0.3) is 0 Å². The maximum absolute atomic E-state index is 10.8.